The van der Waals surface area contributed by atoms with Gasteiger partial charge in [-0.1, -0.05) is 12.1 Å². The smallest absolute Gasteiger partial charge is 0.342 e. The van der Waals surface area contributed by atoms with E-state index < -0.39 is 28.1 Å². The van der Waals surface area contributed by atoms with E-state index in [2.05, 4.69) is 4.18 Å². The lowest BCUT2D eigenvalue weighted by atomic mass is 10.1. The van der Waals surface area contributed by atoms with Crippen LogP contribution in [-0.4, -0.2) is 51.3 Å². The topological polar surface area (TPSA) is 182 Å². The molecule has 2 heterocycles. The third-order valence-electron chi connectivity index (χ3n) is 7.18. The molecule has 0 unspecified atom stereocenters. The van der Waals surface area contributed by atoms with Gasteiger partial charge in [-0.25, -0.2) is 18.0 Å². The molecule has 0 aliphatic heterocycles. The number of rotatable bonds is 15. The second-order valence-electron chi connectivity index (χ2n) is 11.0. The van der Waals surface area contributed by atoms with Crippen molar-refractivity contribution in [1.82, 2.24) is 0 Å². The summed E-state index contributed by atoms with van der Waals surface area (Å²) >= 11 is 0. The van der Waals surface area contributed by atoms with Crippen molar-refractivity contribution < 1.29 is 64.0 Å². The Morgan fingerprint density at radius 2 is 1.34 bits per heavy atom. The summed E-state index contributed by atoms with van der Waals surface area (Å²) in [7, 11) is -3.96. The molecule has 266 valence electrons. The molecule has 0 fully saturated rings. The SMILES string of the molecule is CCOC(=O)c1c(C)oc2cc(OCc3ccc(OC(C)C)cc3)c(OCc3oc4cc(OC)c(OS(=O)(=O)[O-])cc4c3C(=O)OCC)cc12. The Labute approximate surface area is 287 Å². The summed E-state index contributed by atoms with van der Waals surface area (Å²) in [6.07, 6.45) is 0.0160. The number of hydrogen-bond acceptors (Lipinski definition) is 14. The van der Waals surface area contributed by atoms with Gasteiger partial charge in [0.25, 0.3) is 10.4 Å². The molecule has 2 aromatic heterocycles. The van der Waals surface area contributed by atoms with Gasteiger partial charge < -0.3 is 46.0 Å². The highest BCUT2D eigenvalue weighted by Gasteiger charge is 2.27. The molecule has 5 aromatic rings. The first kappa shape index (κ1) is 35.9. The van der Waals surface area contributed by atoms with Crippen LogP contribution in [0.15, 0.2) is 57.4 Å². The standard InChI is InChI=1S/C35H36O14S/c1-7-42-34(36)32-20(5)47-25-16-29(44-17-21-9-11-22(12-10-21)46-19(3)4)28(13-23(25)32)45-18-31-33(35(37)43-8-2)24-14-30(49-50(38,39)40)27(41-6)15-26(24)48-31/h9-16,19H,7-8,17-18H2,1-6H3,(H,38,39,40)/p-1. The Morgan fingerprint density at radius 3 is 1.96 bits per heavy atom. The second kappa shape index (κ2) is 15.0. The Balaban J connectivity index is 1.55. The quantitative estimate of drug-likeness (QED) is 0.0640. The molecule has 0 aliphatic rings. The van der Waals surface area contributed by atoms with E-state index in [0.29, 0.717) is 22.5 Å². The van der Waals surface area contributed by atoms with Gasteiger partial charge in [-0.3, -0.25) is 0 Å². The van der Waals surface area contributed by atoms with Crippen molar-refractivity contribution in [3.8, 4) is 28.7 Å². The summed E-state index contributed by atoms with van der Waals surface area (Å²) in [5.74, 6) is -0.547. The average molecular weight is 712 g/mol. The molecule has 14 nitrogen and oxygen atoms in total. The molecule has 0 saturated heterocycles. The van der Waals surface area contributed by atoms with Crippen LogP contribution in [0.25, 0.3) is 21.9 Å². The number of furan rings is 2. The number of fused-ring (bicyclic) bond motifs is 2. The van der Waals surface area contributed by atoms with Crippen molar-refractivity contribution >= 4 is 44.3 Å². The monoisotopic (exact) mass is 711 g/mol. The summed E-state index contributed by atoms with van der Waals surface area (Å²) in [6, 6.07) is 12.9. The fourth-order valence-electron chi connectivity index (χ4n) is 5.17. The lowest BCUT2D eigenvalue weighted by molar-refractivity contribution is 0.0514. The molecule has 5 rings (SSSR count). The summed E-state index contributed by atoms with van der Waals surface area (Å²) in [4.78, 5) is 26.0. The number of hydrogen-bond donors (Lipinski definition) is 0. The van der Waals surface area contributed by atoms with Gasteiger partial charge in [0.1, 0.15) is 47.0 Å². The summed E-state index contributed by atoms with van der Waals surface area (Å²) in [5, 5.41) is 0.479. The minimum Gasteiger partial charge on any atom is -0.716 e. The first-order valence-corrected chi connectivity index (χ1v) is 16.9. The zero-order valence-corrected chi connectivity index (χ0v) is 29.0. The fraction of sp³-hybridized carbons (Fsp3) is 0.314. The molecule has 0 saturated carbocycles. The van der Waals surface area contributed by atoms with Gasteiger partial charge in [0, 0.05) is 22.9 Å². The molecule has 0 bridgehead atoms. The van der Waals surface area contributed by atoms with E-state index in [1.807, 2.05) is 38.1 Å². The molecule has 0 radical (unpaired) electrons. The maximum absolute atomic E-state index is 13.2. The summed E-state index contributed by atoms with van der Waals surface area (Å²) in [6.45, 7) is 8.72. The molecule has 0 amide bonds. The van der Waals surface area contributed by atoms with Crippen molar-refractivity contribution in [2.24, 2.45) is 0 Å². The number of carbonyl (C=O) groups is 2. The van der Waals surface area contributed by atoms with Crippen LogP contribution in [-0.2, 0) is 33.1 Å². The van der Waals surface area contributed by atoms with E-state index in [0.717, 1.165) is 11.6 Å². The van der Waals surface area contributed by atoms with Crippen molar-refractivity contribution in [2.45, 2.75) is 53.9 Å². The maximum Gasteiger partial charge on any atom is 0.342 e. The predicted molar refractivity (Wildman–Crippen MR) is 177 cm³/mol. The largest absolute Gasteiger partial charge is 0.716 e. The summed E-state index contributed by atoms with van der Waals surface area (Å²) < 4.78 is 84.4. The third-order valence-corrected chi connectivity index (χ3v) is 7.56. The zero-order chi connectivity index (χ0) is 36.2. The normalized spacial score (nSPS) is 11.5. The number of carbonyl (C=O) groups excluding carboxylic acids is 2. The highest BCUT2D eigenvalue weighted by atomic mass is 32.3. The van der Waals surface area contributed by atoms with Gasteiger partial charge in [0.2, 0.25) is 0 Å². The van der Waals surface area contributed by atoms with E-state index >= 15 is 0 Å². The van der Waals surface area contributed by atoms with E-state index in [9.17, 15) is 22.6 Å². The van der Waals surface area contributed by atoms with Gasteiger partial charge in [-0.15, -0.1) is 0 Å². The first-order chi connectivity index (χ1) is 23.8. The Hall–Kier alpha value is -5.41. The highest BCUT2D eigenvalue weighted by Crippen LogP contribution is 2.40. The van der Waals surface area contributed by atoms with Gasteiger partial charge in [0.05, 0.1) is 26.4 Å². The van der Waals surface area contributed by atoms with Crippen molar-refractivity contribution in [3.63, 3.8) is 0 Å². The van der Waals surface area contributed by atoms with Gasteiger partial charge in [-0.2, -0.15) is 0 Å². The minimum atomic E-state index is -5.19. The molecule has 0 N–H and O–H groups in total. The van der Waals surface area contributed by atoms with Crippen LogP contribution in [0.4, 0.5) is 0 Å². The molecule has 0 atom stereocenters. The lowest BCUT2D eigenvalue weighted by Gasteiger charge is -2.14. The number of ether oxygens (including phenoxy) is 6. The molecule has 3 aromatic carbocycles. The highest BCUT2D eigenvalue weighted by molar-refractivity contribution is 7.81. The van der Waals surface area contributed by atoms with Gasteiger partial charge in [0.15, 0.2) is 28.8 Å². The Bertz CT molecular complexity index is 2120. The van der Waals surface area contributed by atoms with Gasteiger partial charge >= 0.3 is 11.9 Å². The van der Waals surface area contributed by atoms with Crippen LogP contribution in [0, 0.1) is 6.92 Å². The molecule has 0 aliphatic carbocycles. The molecule has 15 heteroatoms. The van der Waals surface area contributed by atoms with Crippen LogP contribution < -0.4 is 23.1 Å². The second-order valence-corrected chi connectivity index (χ2v) is 12.0. The van der Waals surface area contributed by atoms with E-state index in [1.54, 1.807) is 32.9 Å². The predicted octanol–water partition coefficient (Wildman–Crippen LogP) is 6.63. The minimum absolute atomic E-state index is 0.00988. The van der Waals surface area contributed by atoms with E-state index in [-0.39, 0.29) is 77.6 Å². The Morgan fingerprint density at radius 1 is 0.780 bits per heavy atom. The third kappa shape index (κ3) is 8.06. The fourth-order valence-corrected chi connectivity index (χ4v) is 5.52. The average Bonchev–Trinajstić information content (AvgIpc) is 3.57. The molecular weight excluding hydrogens is 676 g/mol. The molecule has 0 spiro atoms. The zero-order valence-electron chi connectivity index (χ0n) is 28.1. The number of methoxy groups -OCH3 is 1. The van der Waals surface area contributed by atoms with Crippen LogP contribution in [0.1, 0.15) is 65.5 Å². The maximum atomic E-state index is 13.2. The van der Waals surface area contributed by atoms with Crippen LogP contribution in [0.5, 0.6) is 28.7 Å². The lowest BCUT2D eigenvalue weighted by Crippen LogP contribution is -2.10. The number of esters is 2. The number of benzene rings is 3. The van der Waals surface area contributed by atoms with E-state index in [4.69, 9.17) is 37.3 Å². The number of aryl methyl sites for hydroxylation is 1. The van der Waals surface area contributed by atoms with Crippen LogP contribution in [0.2, 0.25) is 0 Å². The van der Waals surface area contributed by atoms with E-state index in [1.165, 1.54) is 13.2 Å². The Kier molecular flexibility index (Phi) is 10.8. The molecular formula is C35H35O14S-. The summed E-state index contributed by atoms with van der Waals surface area (Å²) in [5.41, 5.74) is 1.37. The van der Waals surface area contributed by atoms with Crippen molar-refractivity contribution in [3.05, 3.63) is 76.7 Å². The van der Waals surface area contributed by atoms with Gasteiger partial charge in [-0.05, 0) is 64.4 Å². The van der Waals surface area contributed by atoms with Crippen molar-refractivity contribution in [1.29, 1.82) is 0 Å². The van der Waals surface area contributed by atoms with Crippen LogP contribution in [0.3, 0.4) is 0 Å². The molecule has 50 heavy (non-hydrogen) atoms. The first-order valence-electron chi connectivity index (χ1n) is 15.5. The van der Waals surface area contributed by atoms with Crippen LogP contribution >= 0.6 is 0 Å². The van der Waals surface area contributed by atoms with Crippen molar-refractivity contribution in [2.75, 3.05) is 20.3 Å².